The first-order valence-electron chi connectivity index (χ1n) is 7.21. The molecule has 0 saturated heterocycles. The monoisotopic (exact) mass is 289 g/mol. The number of rotatable bonds is 3. The molecule has 4 heteroatoms. The van der Waals surface area contributed by atoms with E-state index in [0.717, 1.165) is 5.56 Å². The molecule has 2 unspecified atom stereocenters. The van der Waals surface area contributed by atoms with Crippen LogP contribution in [0.4, 0.5) is 0 Å². The highest BCUT2D eigenvalue weighted by Crippen LogP contribution is 2.39. The van der Waals surface area contributed by atoms with E-state index in [1.807, 2.05) is 36.4 Å². The van der Waals surface area contributed by atoms with E-state index in [0.29, 0.717) is 11.3 Å². The Morgan fingerprint density at radius 3 is 2.35 bits per heavy atom. The number of hydrogen-bond donors (Lipinski definition) is 1. The van der Waals surface area contributed by atoms with E-state index in [1.165, 1.54) is 0 Å². The lowest BCUT2D eigenvalue weighted by atomic mass is 9.84. The second kappa shape index (κ2) is 5.27. The maximum atomic E-state index is 10.7. The van der Waals surface area contributed by atoms with Crippen molar-refractivity contribution in [3.8, 4) is 0 Å². The first-order valence-corrected chi connectivity index (χ1v) is 6.59. The minimum Gasteiger partial charge on any atom is -0.358 e. The molecule has 1 aliphatic rings. The van der Waals surface area contributed by atoms with Crippen LogP contribution in [-0.2, 0) is 4.84 Å². The Labute approximate surface area is 125 Å². The Kier molecular flexibility index (Phi) is 2.87. The zero-order chi connectivity index (χ0) is 15.8. The molecule has 0 spiro atoms. The fraction of sp³-hybridized carbons (Fsp3) is 0.188. The quantitative estimate of drug-likeness (QED) is 0.882. The van der Waals surface area contributed by atoms with Gasteiger partial charge in [0.2, 0.25) is 0 Å². The lowest BCUT2D eigenvalue weighted by molar-refractivity contribution is -0.176. The van der Waals surface area contributed by atoms with Crippen molar-refractivity contribution >= 4 is 17.3 Å². The lowest BCUT2D eigenvalue weighted by Gasteiger charge is -2.26. The molecular weight excluding hydrogens is 274 g/mol. The second-order valence-corrected chi connectivity index (χ2v) is 4.76. The molecule has 2 aromatic rings. The summed E-state index contributed by atoms with van der Waals surface area (Å²) in [7, 11) is 0. The van der Waals surface area contributed by atoms with Crippen LogP contribution in [0.25, 0.3) is 0 Å². The van der Waals surface area contributed by atoms with E-state index in [9.17, 15) is 5.11 Å². The zero-order valence-corrected chi connectivity index (χ0v) is 11.3. The molecule has 1 heterocycles. The molecule has 0 aliphatic carbocycles. The SMILES string of the molecule is [2H]C([2H])(Cl)C1(O)ON=C(c2ccccc2)C1c1ccccc1. The number of benzene rings is 2. The van der Waals surface area contributed by atoms with Gasteiger partial charge in [-0.05, 0) is 5.56 Å². The Hall–Kier alpha value is -1.84. The first-order chi connectivity index (χ1) is 10.4. The summed E-state index contributed by atoms with van der Waals surface area (Å²) in [6.07, 6.45) is 0. The van der Waals surface area contributed by atoms with Gasteiger partial charge in [-0.1, -0.05) is 65.8 Å². The van der Waals surface area contributed by atoms with Crippen LogP contribution in [-0.4, -0.2) is 22.4 Å². The summed E-state index contributed by atoms with van der Waals surface area (Å²) in [6.45, 7) is 0. The highest BCUT2D eigenvalue weighted by Gasteiger charge is 2.48. The van der Waals surface area contributed by atoms with Crippen LogP contribution in [0.3, 0.4) is 0 Å². The fourth-order valence-electron chi connectivity index (χ4n) is 2.34. The smallest absolute Gasteiger partial charge is 0.260 e. The minimum atomic E-state index is -2.51. The predicted octanol–water partition coefficient (Wildman–Crippen LogP) is 3.13. The van der Waals surface area contributed by atoms with Crippen LogP contribution in [0.15, 0.2) is 65.8 Å². The number of nitrogens with zero attached hydrogens (tertiary/aromatic N) is 1. The lowest BCUT2D eigenvalue weighted by Crippen LogP contribution is -2.39. The third-order valence-electron chi connectivity index (χ3n) is 3.29. The molecule has 0 saturated carbocycles. The molecule has 1 aliphatic heterocycles. The molecule has 3 nitrogen and oxygen atoms in total. The van der Waals surface area contributed by atoms with Gasteiger partial charge >= 0.3 is 0 Å². The van der Waals surface area contributed by atoms with Crippen molar-refractivity contribution < 1.29 is 12.7 Å². The third-order valence-corrected chi connectivity index (χ3v) is 3.56. The highest BCUT2D eigenvalue weighted by atomic mass is 35.5. The molecule has 0 radical (unpaired) electrons. The van der Waals surface area contributed by atoms with E-state index in [2.05, 4.69) is 5.16 Å². The van der Waals surface area contributed by atoms with Gasteiger partial charge in [-0.2, -0.15) is 0 Å². The van der Waals surface area contributed by atoms with Crippen molar-refractivity contribution in [1.29, 1.82) is 0 Å². The minimum absolute atomic E-state index is 0.443. The average molecular weight is 290 g/mol. The van der Waals surface area contributed by atoms with Crippen molar-refractivity contribution in [2.75, 3.05) is 5.83 Å². The molecule has 2 aromatic carbocycles. The van der Waals surface area contributed by atoms with Gasteiger partial charge < -0.3 is 9.94 Å². The van der Waals surface area contributed by atoms with Gasteiger partial charge in [-0.3, -0.25) is 0 Å². The molecule has 20 heavy (non-hydrogen) atoms. The van der Waals surface area contributed by atoms with Gasteiger partial charge in [-0.15, -0.1) is 11.6 Å². The average Bonchev–Trinajstić information content (AvgIpc) is 2.88. The molecule has 0 fully saturated rings. The van der Waals surface area contributed by atoms with Crippen molar-refractivity contribution in [2.45, 2.75) is 11.7 Å². The van der Waals surface area contributed by atoms with Crippen LogP contribution < -0.4 is 0 Å². The van der Waals surface area contributed by atoms with Crippen molar-refractivity contribution in [2.24, 2.45) is 5.16 Å². The molecule has 0 aromatic heterocycles. The van der Waals surface area contributed by atoms with E-state index >= 15 is 0 Å². The molecule has 3 rings (SSSR count). The molecule has 0 bridgehead atoms. The number of hydrogen-bond acceptors (Lipinski definition) is 3. The number of aliphatic hydroxyl groups is 1. The topological polar surface area (TPSA) is 41.8 Å². The van der Waals surface area contributed by atoms with Gasteiger partial charge in [0.05, 0.1) is 14.5 Å². The predicted molar refractivity (Wildman–Crippen MR) is 78.9 cm³/mol. The standard InChI is InChI=1S/C16H14ClNO2/c17-11-16(19)14(12-7-3-1-4-8-12)15(18-20-16)13-9-5-2-6-10-13/h1-10,14,19H,11H2/i11D2. The van der Waals surface area contributed by atoms with Gasteiger partial charge in [0.1, 0.15) is 5.71 Å². The van der Waals surface area contributed by atoms with Gasteiger partial charge in [0.25, 0.3) is 5.79 Å². The molecule has 0 amide bonds. The molecular formula is C16H14ClNO2. The summed E-state index contributed by atoms with van der Waals surface area (Å²) in [5.74, 6) is -5.61. The van der Waals surface area contributed by atoms with E-state index in [1.54, 1.807) is 24.3 Å². The highest BCUT2D eigenvalue weighted by molar-refractivity contribution is 6.19. The van der Waals surface area contributed by atoms with Crippen molar-refractivity contribution in [3.63, 3.8) is 0 Å². The van der Waals surface area contributed by atoms with E-state index in [-0.39, 0.29) is 0 Å². The summed E-state index contributed by atoms with van der Waals surface area (Å²) in [5, 5.41) is 14.7. The van der Waals surface area contributed by atoms with Crippen LogP contribution >= 0.6 is 11.6 Å². The van der Waals surface area contributed by atoms with Gasteiger partial charge in [0, 0.05) is 5.56 Å². The fourth-order valence-corrected chi connectivity index (χ4v) is 2.48. The Bertz CT molecular complexity index is 688. The number of alkyl halides is 1. The third kappa shape index (κ3) is 2.19. The maximum absolute atomic E-state index is 10.7. The van der Waals surface area contributed by atoms with Crippen LogP contribution in [0.2, 0.25) is 0 Å². The summed E-state index contributed by atoms with van der Waals surface area (Å²) in [5.41, 5.74) is 1.86. The number of halogens is 1. The summed E-state index contributed by atoms with van der Waals surface area (Å²) in [4.78, 5) is 5.08. The van der Waals surface area contributed by atoms with Crippen molar-refractivity contribution in [1.82, 2.24) is 0 Å². The zero-order valence-electron chi connectivity index (χ0n) is 12.5. The normalized spacial score (nSPS) is 27.3. The summed E-state index contributed by atoms with van der Waals surface area (Å²) >= 11 is 5.76. The molecule has 1 N–H and O–H groups in total. The molecule has 2 atom stereocenters. The summed E-state index contributed by atoms with van der Waals surface area (Å²) in [6, 6.07) is 18.2. The maximum Gasteiger partial charge on any atom is 0.260 e. The van der Waals surface area contributed by atoms with E-state index in [4.69, 9.17) is 19.2 Å². The first kappa shape index (κ1) is 10.9. The van der Waals surface area contributed by atoms with Crippen LogP contribution in [0.1, 0.15) is 19.8 Å². The van der Waals surface area contributed by atoms with Gasteiger partial charge in [0.15, 0.2) is 0 Å². The van der Waals surface area contributed by atoms with Crippen molar-refractivity contribution in [3.05, 3.63) is 71.8 Å². The Morgan fingerprint density at radius 1 is 1.15 bits per heavy atom. The van der Waals surface area contributed by atoms with Gasteiger partial charge in [-0.25, -0.2) is 0 Å². The Morgan fingerprint density at radius 2 is 1.75 bits per heavy atom. The van der Waals surface area contributed by atoms with Crippen LogP contribution in [0, 0.1) is 0 Å². The molecule has 102 valence electrons. The van der Waals surface area contributed by atoms with Crippen LogP contribution in [0.5, 0.6) is 0 Å². The largest absolute Gasteiger partial charge is 0.358 e. The summed E-state index contributed by atoms with van der Waals surface area (Å²) < 4.78 is 15.5. The second-order valence-electron chi connectivity index (χ2n) is 4.57. The number of oxime groups is 1. The Balaban J connectivity index is 2.12. The van der Waals surface area contributed by atoms with E-state index < -0.39 is 17.5 Å².